The molecule has 0 spiro atoms. The number of carbonyl (C=O) groups is 1. The molecule has 112 valence electrons. The number of nitrogens with one attached hydrogen (secondary N) is 1. The zero-order valence-electron chi connectivity index (χ0n) is 12.3. The second-order valence-corrected chi connectivity index (χ2v) is 6.26. The highest BCUT2D eigenvalue weighted by molar-refractivity contribution is 5.92. The first kappa shape index (κ1) is 13.9. The number of fused-ring (bicyclic) bond motifs is 1. The van der Waals surface area contributed by atoms with Crippen molar-refractivity contribution in [3.05, 3.63) is 34.2 Å². The van der Waals surface area contributed by atoms with Crippen LogP contribution in [0, 0.1) is 11.8 Å². The first-order valence-electron chi connectivity index (χ1n) is 7.45. The fourth-order valence-electron chi connectivity index (χ4n) is 3.37. The first-order chi connectivity index (χ1) is 9.97. The van der Waals surface area contributed by atoms with E-state index in [1.165, 1.54) is 6.07 Å². The number of H-pyrrole nitrogens is 1. The number of aromatic nitrogens is 2. The SMILES string of the molecule is CC1CCC(n2c(=O)[nH]c3ccc(C(=O)O)cc32)CC1C. The number of hydrogen-bond donors (Lipinski definition) is 2. The summed E-state index contributed by atoms with van der Waals surface area (Å²) in [6, 6.07) is 4.95. The lowest BCUT2D eigenvalue weighted by atomic mass is 9.79. The monoisotopic (exact) mass is 288 g/mol. The Morgan fingerprint density at radius 1 is 1.29 bits per heavy atom. The molecule has 1 aliphatic rings. The van der Waals surface area contributed by atoms with E-state index >= 15 is 0 Å². The summed E-state index contributed by atoms with van der Waals surface area (Å²) in [6.45, 7) is 4.47. The van der Waals surface area contributed by atoms with Gasteiger partial charge in [0.2, 0.25) is 0 Å². The van der Waals surface area contributed by atoms with Crippen molar-refractivity contribution in [3.8, 4) is 0 Å². The summed E-state index contributed by atoms with van der Waals surface area (Å²) in [5.41, 5.74) is 1.48. The molecule has 1 aliphatic carbocycles. The molecule has 0 aliphatic heterocycles. The van der Waals surface area contributed by atoms with Gasteiger partial charge >= 0.3 is 11.7 Å². The highest BCUT2D eigenvalue weighted by Crippen LogP contribution is 2.36. The standard InChI is InChI=1S/C16H20N2O3/c1-9-3-5-12(7-10(9)2)18-14-8-11(15(19)20)4-6-13(14)17-16(18)21/h4,6,8-10,12H,3,5,7H2,1-2H3,(H,17,21)(H,19,20). The Kier molecular flexibility index (Phi) is 3.35. The normalized spacial score (nSPS) is 26.1. The molecule has 1 aromatic heterocycles. The molecule has 2 N–H and O–H groups in total. The maximum atomic E-state index is 12.3. The van der Waals surface area contributed by atoms with Crippen molar-refractivity contribution in [1.82, 2.24) is 9.55 Å². The number of imidazole rings is 1. The van der Waals surface area contributed by atoms with Crippen molar-refractivity contribution in [3.63, 3.8) is 0 Å². The average Bonchev–Trinajstić information content (AvgIpc) is 2.77. The van der Waals surface area contributed by atoms with Crippen LogP contribution < -0.4 is 5.69 Å². The number of rotatable bonds is 2. The molecule has 3 rings (SSSR count). The molecule has 1 saturated carbocycles. The van der Waals surface area contributed by atoms with Crippen LogP contribution >= 0.6 is 0 Å². The fourth-order valence-corrected chi connectivity index (χ4v) is 3.37. The van der Waals surface area contributed by atoms with Gasteiger partial charge in [0, 0.05) is 6.04 Å². The molecule has 1 aromatic carbocycles. The van der Waals surface area contributed by atoms with E-state index in [1.54, 1.807) is 16.7 Å². The summed E-state index contributed by atoms with van der Waals surface area (Å²) in [5.74, 6) is 0.280. The molecule has 2 aromatic rings. The summed E-state index contributed by atoms with van der Waals surface area (Å²) >= 11 is 0. The van der Waals surface area contributed by atoms with Gasteiger partial charge in [0.1, 0.15) is 0 Å². The molecule has 3 unspecified atom stereocenters. The van der Waals surface area contributed by atoms with E-state index in [-0.39, 0.29) is 17.3 Å². The maximum absolute atomic E-state index is 12.3. The highest BCUT2D eigenvalue weighted by atomic mass is 16.4. The van der Waals surface area contributed by atoms with Gasteiger partial charge in [-0.15, -0.1) is 0 Å². The Hall–Kier alpha value is -2.04. The number of carboxylic acids is 1. The van der Waals surface area contributed by atoms with Crippen molar-refractivity contribution in [2.24, 2.45) is 11.8 Å². The molecule has 5 heteroatoms. The van der Waals surface area contributed by atoms with E-state index in [2.05, 4.69) is 18.8 Å². The van der Waals surface area contributed by atoms with Crippen LogP contribution in [0.15, 0.2) is 23.0 Å². The number of carboxylic acid groups (broad SMARTS) is 1. The number of nitrogens with zero attached hydrogens (tertiary/aromatic N) is 1. The van der Waals surface area contributed by atoms with Gasteiger partial charge in [-0.05, 0) is 49.3 Å². The predicted molar refractivity (Wildman–Crippen MR) is 80.7 cm³/mol. The van der Waals surface area contributed by atoms with Crippen molar-refractivity contribution in [2.45, 2.75) is 39.2 Å². The highest BCUT2D eigenvalue weighted by Gasteiger charge is 2.27. The Labute approximate surface area is 122 Å². The zero-order valence-corrected chi connectivity index (χ0v) is 12.3. The Balaban J connectivity index is 2.09. The van der Waals surface area contributed by atoms with E-state index < -0.39 is 5.97 Å². The molecular weight excluding hydrogens is 268 g/mol. The van der Waals surface area contributed by atoms with Gasteiger partial charge in [0.25, 0.3) is 0 Å². The van der Waals surface area contributed by atoms with E-state index in [4.69, 9.17) is 5.11 Å². The van der Waals surface area contributed by atoms with E-state index in [0.29, 0.717) is 22.9 Å². The van der Waals surface area contributed by atoms with Gasteiger partial charge in [-0.25, -0.2) is 9.59 Å². The lowest BCUT2D eigenvalue weighted by Gasteiger charge is -2.32. The van der Waals surface area contributed by atoms with E-state index in [9.17, 15) is 9.59 Å². The number of hydrogen-bond acceptors (Lipinski definition) is 2. The Bertz CT molecular complexity index is 744. The summed E-state index contributed by atoms with van der Waals surface area (Å²) in [6.07, 6.45) is 3.03. The summed E-state index contributed by atoms with van der Waals surface area (Å²) in [7, 11) is 0. The topological polar surface area (TPSA) is 75.1 Å². The van der Waals surface area contributed by atoms with E-state index in [1.807, 2.05) is 0 Å². The zero-order chi connectivity index (χ0) is 15.1. The second-order valence-electron chi connectivity index (χ2n) is 6.26. The van der Waals surface area contributed by atoms with Crippen molar-refractivity contribution in [2.75, 3.05) is 0 Å². The smallest absolute Gasteiger partial charge is 0.335 e. The average molecular weight is 288 g/mol. The maximum Gasteiger partial charge on any atom is 0.335 e. The van der Waals surface area contributed by atoms with Crippen LogP contribution in [0.4, 0.5) is 0 Å². The van der Waals surface area contributed by atoms with Crippen LogP contribution in [-0.2, 0) is 0 Å². The quantitative estimate of drug-likeness (QED) is 0.892. The van der Waals surface area contributed by atoms with Gasteiger partial charge in [-0.3, -0.25) is 4.57 Å². The van der Waals surface area contributed by atoms with Gasteiger partial charge in [-0.1, -0.05) is 13.8 Å². The van der Waals surface area contributed by atoms with Gasteiger partial charge in [0.05, 0.1) is 16.6 Å². The number of aromatic carboxylic acids is 1. The van der Waals surface area contributed by atoms with Crippen LogP contribution in [0.2, 0.25) is 0 Å². The molecule has 0 radical (unpaired) electrons. The third-order valence-electron chi connectivity index (χ3n) is 4.90. The molecule has 0 amide bonds. The third-order valence-corrected chi connectivity index (χ3v) is 4.90. The van der Waals surface area contributed by atoms with Gasteiger partial charge in [-0.2, -0.15) is 0 Å². The molecule has 0 bridgehead atoms. The summed E-state index contributed by atoms with van der Waals surface area (Å²) in [5, 5.41) is 9.13. The number of benzene rings is 1. The minimum atomic E-state index is -0.970. The minimum Gasteiger partial charge on any atom is -0.478 e. The second kappa shape index (κ2) is 5.06. The molecular formula is C16H20N2O3. The Morgan fingerprint density at radius 2 is 2.05 bits per heavy atom. The lowest BCUT2D eigenvalue weighted by Crippen LogP contribution is -2.29. The summed E-state index contributed by atoms with van der Waals surface area (Å²) < 4.78 is 1.75. The number of aromatic amines is 1. The molecule has 5 nitrogen and oxygen atoms in total. The largest absolute Gasteiger partial charge is 0.478 e. The van der Waals surface area contributed by atoms with Gasteiger partial charge < -0.3 is 10.1 Å². The molecule has 0 saturated heterocycles. The predicted octanol–water partition coefficient (Wildman–Crippen LogP) is 3.03. The van der Waals surface area contributed by atoms with Crippen molar-refractivity contribution >= 4 is 17.0 Å². The first-order valence-corrected chi connectivity index (χ1v) is 7.45. The van der Waals surface area contributed by atoms with Crippen LogP contribution in [-0.4, -0.2) is 20.6 Å². The molecule has 1 fully saturated rings. The van der Waals surface area contributed by atoms with Crippen LogP contribution in [0.25, 0.3) is 11.0 Å². The fraction of sp³-hybridized carbons (Fsp3) is 0.500. The van der Waals surface area contributed by atoms with Crippen LogP contribution in [0.3, 0.4) is 0 Å². The molecule has 3 atom stereocenters. The van der Waals surface area contributed by atoms with Crippen LogP contribution in [0.5, 0.6) is 0 Å². The summed E-state index contributed by atoms with van der Waals surface area (Å²) in [4.78, 5) is 26.2. The van der Waals surface area contributed by atoms with Crippen molar-refractivity contribution in [1.29, 1.82) is 0 Å². The molecule has 1 heterocycles. The third kappa shape index (κ3) is 2.37. The Morgan fingerprint density at radius 3 is 2.71 bits per heavy atom. The van der Waals surface area contributed by atoms with E-state index in [0.717, 1.165) is 19.3 Å². The van der Waals surface area contributed by atoms with Crippen LogP contribution in [0.1, 0.15) is 49.5 Å². The van der Waals surface area contributed by atoms with Gasteiger partial charge in [0.15, 0.2) is 0 Å². The van der Waals surface area contributed by atoms with Crippen molar-refractivity contribution < 1.29 is 9.90 Å². The molecule has 21 heavy (non-hydrogen) atoms. The minimum absolute atomic E-state index is 0.140. The lowest BCUT2D eigenvalue weighted by molar-refractivity contribution is 0.0697.